The highest BCUT2D eigenvalue weighted by molar-refractivity contribution is 5.84. The molecule has 2 fully saturated rings. The SMILES string of the molecule is O=C(CC(c1ccc(F)c(F)c1)C1CC1)NC(C(=O)O)C1CC(C(=O)O)C1. The Balaban J connectivity index is 1.64. The summed E-state index contributed by atoms with van der Waals surface area (Å²) in [4.78, 5) is 34.8. The van der Waals surface area contributed by atoms with Crippen LogP contribution in [0.15, 0.2) is 18.2 Å². The van der Waals surface area contributed by atoms with E-state index in [4.69, 9.17) is 5.11 Å². The lowest BCUT2D eigenvalue weighted by Gasteiger charge is -2.36. The summed E-state index contributed by atoms with van der Waals surface area (Å²) >= 11 is 0. The fourth-order valence-electron chi connectivity index (χ4n) is 3.75. The van der Waals surface area contributed by atoms with Crippen molar-refractivity contribution in [3.8, 4) is 0 Å². The summed E-state index contributed by atoms with van der Waals surface area (Å²) in [7, 11) is 0. The molecule has 3 rings (SSSR count). The van der Waals surface area contributed by atoms with Crippen LogP contribution in [0.25, 0.3) is 0 Å². The predicted octanol–water partition coefficient (Wildman–Crippen LogP) is 2.53. The first-order valence-electron chi connectivity index (χ1n) is 8.96. The van der Waals surface area contributed by atoms with Crippen LogP contribution >= 0.6 is 0 Å². The molecule has 2 aliphatic carbocycles. The highest BCUT2D eigenvalue weighted by atomic mass is 19.2. The molecule has 1 aromatic carbocycles. The number of amides is 1. The number of carboxylic acids is 2. The zero-order chi connectivity index (χ0) is 19.7. The molecular weight excluding hydrogens is 360 g/mol. The van der Waals surface area contributed by atoms with Crippen molar-refractivity contribution in [2.45, 2.75) is 44.1 Å². The quantitative estimate of drug-likeness (QED) is 0.642. The van der Waals surface area contributed by atoms with Crippen molar-refractivity contribution < 1.29 is 33.4 Å². The van der Waals surface area contributed by atoms with Crippen molar-refractivity contribution in [1.29, 1.82) is 0 Å². The summed E-state index contributed by atoms with van der Waals surface area (Å²) in [5.74, 6) is -5.69. The van der Waals surface area contributed by atoms with Crippen molar-refractivity contribution >= 4 is 17.8 Å². The van der Waals surface area contributed by atoms with E-state index in [-0.39, 0.29) is 31.1 Å². The number of carbonyl (C=O) groups is 3. The fraction of sp³-hybridized carbons (Fsp3) is 0.526. The Hall–Kier alpha value is -2.51. The zero-order valence-corrected chi connectivity index (χ0v) is 14.5. The molecule has 2 atom stereocenters. The minimum absolute atomic E-state index is 0.0192. The Morgan fingerprint density at radius 2 is 1.74 bits per heavy atom. The number of carboxylic acid groups (broad SMARTS) is 2. The molecule has 8 heteroatoms. The zero-order valence-electron chi connectivity index (χ0n) is 14.5. The second kappa shape index (κ2) is 7.62. The molecule has 0 radical (unpaired) electrons. The number of rotatable bonds is 8. The van der Waals surface area contributed by atoms with Crippen LogP contribution in [0.4, 0.5) is 8.78 Å². The van der Waals surface area contributed by atoms with Gasteiger partial charge in [0.15, 0.2) is 11.6 Å². The average molecular weight is 381 g/mol. The van der Waals surface area contributed by atoms with E-state index in [1.807, 2.05) is 0 Å². The van der Waals surface area contributed by atoms with Gasteiger partial charge in [0.25, 0.3) is 0 Å². The number of nitrogens with one attached hydrogen (secondary N) is 1. The summed E-state index contributed by atoms with van der Waals surface area (Å²) < 4.78 is 26.7. The number of hydrogen-bond acceptors (Lipinski definition) is 3. The molecule has 0 spiro atoms. The van der Waals surface area contributed by atoms with Gasteiger partial charge in [0.05, 0.1) is 5.92 Å². The van der Waals surface area contributed by atoms with Gasteiger partial charge in [0.2, 0.25) is 5.91 Å². The van der Waals surface area contributed by atoms with E-state index in [9.17, 15) is 28.3 Å². The van der Waals surface area contributed by atoms with Crippen LogP contribution < -0.4 is 5.32 Å². The van der Waals surface area contributed by atoms with E-state index in [1.165, 1.54) is 6.07 Å². The second-order valence-corrected chi connectivity index (χ2v) is 7.47. The van der Waals surface area contributed by atoms with E-state index in [2.05, 4.69) is 5.32 Å². The van der Waals surface area contributed by atoms with E-state index >= 15 is 0 Å². The third kappa shape index (κ3) is 4.43. The highest BCUT2D eigenvalue weighted by Gasteiger charge is 2.43. The molecule has 0 aromatic heterocycles. The number of aliphatic carboxylic acids is 2. The van der Waals surface area contributed by atoms with Crippen molar-refractivity contribution in [2.75, 3.05) is 0 Å². The maximum atomic E-state index is 13.5. The lowest BCUT2D eigenvalue weighted by Crippen LogP contribution is -2.51. The van der Waals surface area contributed by atoms with Gasteiger partial charge < -0.3 is 15.5 Å². The maximum absolute atomic E-state index is 13.5. The highest BCUT2D eigenvalue weighted by Crippen LogP contribution is 2.45. The molecule has 0 saturated heterocycles. The first-order valence-corrected chi connectivity index (χ1v) is 8.96. The van der Waals surface area contributed by atoms with Gasteiger partial charge in [-0.05, 0) is 61.1 Å². The van der Waals surface area contributed by atoms with Crippen LogP contribution in [0, 0.1) is 29.4 Å². The number of benzene rings is 1. The van der Waals surface area contributed by atoms with Crippen LogP contribution in [0.1, 0.15) is 43.6 Å². The molecule has 2 unspecified atom stereocenters. The van der Waals surface area contributed by atoms with Crippen LogP contribution in [-0.4, -0.2) is 34.1 Å². The molecule has 0 aliphatic heterocycles. The maximum Gasteiger partial charge on any atom is 0.326 e. The molecule has 1 aromatic rings. The standard InChI is InChI=1S/C19H21F2NO5/c20-14-4-3-10(7-15(14)21)13(9-1-2-9)8-16(23)22-17(19(26)27)11-5-12(6-11)18(24)25/h3-4,7,9,11-13,17H,1-2,5-6,8H2,(H,22,23)(H,24,25)(H,26,27). The van der Waals surface area contributed by atoms with Crippen LogP contribution in [0.2, 0.25) is 0 Å². The molecule has 27 heavy (non-hydrogen) atoms. The van der Waals surface area contributed by atoms with Crippen molar-refractivity contribution in [3.05, 3.63) is 35.4 Å². The van der Waals surface area contributed by atoms with Crippen molar-refractivity contribution in [3.63, 3.8) is 0 Å². The molecule has 0 bridgehead atoms. The van der Waals surface area contributed by atoms with E-state index in [0.29, 0.717) is 5.56 Å². The van der Waals surface area contributed by atoms with E-state index < -0.39 is 47.4 Å². The largest absolute Gasteiger partial charge is 0.481 e. The molecule has 1 amide bonds. The Kier molecular flexibility index (Phi) is 5.43. The second-order valence-electron chi connectivity index (χ2n) is 7.47. The predicted molar refractivity (Wildman–Crippen MR) is 89.9 cm³/mol. The third-order valence-electron chi connectivity index (χ3n) is 5.55. The Morgan fingerprint density at radius 3 is 2.26 bits per heavy atom. The first-order chi connectivity index (χ1) is 12.8. The van der Waals surface area contributed by atoms with Gasteiger partial charge in [0, 0.05) is 6.42 Å². The summed E-state index contributed by atoms with van der Waals surface area (Å²) in [6, 6.07) is 2.42. The van der Waals surface area contributed by atoms with Crippen LogP contribution in [0.3, 0.4) is 0 Å². The van der Waals surface area contributed by atoms with Crippen LogP contribution in [-0.2, 0) is 14.4 Å². The summed E-state index contributed by atoms with van der Waals surface area (Å²) in [5, 5.41) is 20.8. The topological polar surface area (TPSA) is 104 Å². The molecule has 2 aliphatic rings. The summed E-state index contributed by atoms with van der Waals surface area (Å²) in [6.07, 6.45) is 2.16. The average Bonchev–Trinajstić information content (AvgIpc) is 3.37. The molecular formula is C19H21F2NO5. The molecule has 2 saturated carbocycles. The Bertz CT molecular complexity index is 758. The van der Waals surface area contributed by atoms with Gasteiger partial charge in [-0.3, -0.25) is 9.59 Å². The lowest BCUT2D eigenvalue weighted by molar-refractivity contribution is -0.152. The summed E-state index contributed by atoms with van der Waals surface area (Å²) in [5.41, 5.74) is 0.521. The van der Waals surface area contributed by atoms with Crippen molar-refractivity contribution in [1.82, 2.24) is 5.32 Å². The van der Waals surface area contributed by atoms with E-state index in [1.54, 1.807) is 0 Å². The van der Waals surface area contributed by atoms with Gasteiger partial charge in [0.1, 0.15) is 6.04 Å². The van der Waals surface area contributed by atoms with Gasteiger partial charge in [-0.2, -0.15) is 0 Å². The Labute approximate surface area is 154 Å². The van der Waals surface area contributed by atoms with Gasteiger partial charge in [-0.25, -0.2) is 13.6 Å². The number of carbonyl (C=O) groups excluding carboxylic acids is 1. The molecule has 146 valence electrons. The number of halogens is 2. The smallest absolute Gasteiger partial charge is 0.326 e. The van der Waals surface area contributed by atoms with E-state index in [0.717, 1.165) is 25.0 Å². The van der Waals surface area contributed by atoms with Gasteiger partial charge in [-0.1, -0.05) is 6.07 Å². The summed E-state index contributed by atoms with van der Waals surface area (Å²) in [6.45, 7) is 0. The molecule has 0 heterocycles. The lowest BCUT2D eigenvalue weighted by atomic mass is 9.71. The third-order valence-corrected chi connectivity index (χ3v) is 5.55. The van der Waals surface area contributed by atoms with Gasteiger partial charge >= 0.3 is 11.9 Å². The van der Waals surface area contributed by atoms with Crippen molar-refractivity contribution in [2.24, 2.45) is 17.8 Å². The van der Waals surface area contributed by atoms with Gasteiger partial charge in [-0.15, -0.1) is 0 Å². The molecule has 6 nitrogen and oxygen atoms in total. The monoisotopic (exact) mass is 381 g/mol. The minimum atomic E-state index is -1.20. The first kappa shape index (κ1) is 19.3. The molecule has 3 N–H and O–H groups in total. The fourth-order valence-corrected chi connectivity index (χ4v) is 3.75. The number of hydrogen-bond donors (Lipinski definition) is 3. The minimum Gasteiger partial charge on any atom is -0.481 e. The Morgan fingerprint density at radius 1 is 1.07 bits per heavy atom. The normalized spacial score (nSPS) is 23.8. The van der Waals surface area contributed by atoms with Crippen LogP contribution in [0.5, 0.6) is 0 Å².